The Hall–Kier alpha value is -3.31. The lowest BCUT2D eigenvalue weighted by Gasteiger charge is -2.36. The molecule has 3 amide bonds. The van der Waals surface area contributed by atoms with Gasteiger partial charge < -0.3 is 9.80 Å². The van der Waals surface area contributed by atoms with Gasteiger partial charge in [-0.15, -0.1) is 0 Å². The van der Waals surface area contributed by atoms with Gasteiger partial charge >= 0.3 is 0 Å². The largest absolute Gasteiger partial charge is 0.367 e. The van der Waals surface area contributed by atoms with Crippen LogP contribution in [0.1, 0.15) is 39.9 Å². The summed E-state index contributed by atoms with van der Waals surface area (Å²) in [5.74, 6) is -1.89. The summed E-state index contributed by atoms with van der Waals surface area (Å²) in [6.07, 6.45) is 0.377. The number of nitrogens with one attached hydrogen (secondary N) is 1. The fraction of sp³-hybridized carbons (Fsp3) is 0.400. The second-order valence-electron chi connectivity index (χ2n) is 9.47. The summed E-state index contributed by atoms with van der Waals surface area (Å²) in [5.41, 5.74) is 2.49. The molecule has 3 aliphatic heterocycles. The van der Waals surface area contributed by atoms with Gasteiger partial charge in [0.1, 0.15) is 11.9 Å². The topological polar surface area (TPSA) is 107 Å². The zero-order valence-corrected chi connectivity index (χ0v) is 20.9. The molecular formula is C25H27FN4O5S. The van der Waals surface area contributed by atoms with Crippen LogP contribution < -0.4 is 10.2 Å². The molecule has 190 valence electrons. The molecule has 1 N–H and O–H groups in total. The Labute approximate surface area is 208 Å². The molecule has 2 aromatic carbocycles. The van der Waals surface area contributed by atoms with Crippen LogP contribution in [-0.4, -0.2) is 67.6 Å². The molecule has 3 heterocycles. The van der Waals surface area contributed by atoms with Gasteiger partial charge in [0.05, 0.1) is 10.6 Å². The molecule has 0 radical (unpaired) electrons. The minimum absolute atomic E-state index is 0.144. The number of aryl methyl sites for hydroxylation is 2. The van der Waals surface area contributed by atoms with Crippen LogP contribution in [0.3, 0.4) is 0 Å². The lowest BCUT2D eigenvalue weighted by atomic mass is 10.0. The third-order valence-electron chi connectivity index (χ3n) is 7.18. The second kappa shape index (κ2) is 8.97. The number of hydrogen-bond donors (Lipinski definition) is 1. The number of rotatable bonds is 4. The Kier molecular flexibility index (Phi) is 6.08. The average Bonchev–Trinajstić information content (AvgIpc) is 3.13. The molecular weight excluding hydrogens is 487 g/mol. The third-order valence-corrected chi connectivity index (χ3v) is 9.38. The van der Waals surface area contributed by atoms with Gasteiger partial charge in [0, 0.05) is 44.7 Å². The zero-order chi connectivity index (χ0) is 25.8. The fourth-order valence-electron chi connectivity index (χ4n) is 5.32. The van der Waals surface area contributed by atoms with E-state index in [1.807, 2.05) is 6.07 Å². The van der Waals surface area contributed by atoms with E-state index in [1.165, 1.54) is 15.3 Å². The van der Waals surface area contributed by atoms with E-state index in [4.69, 9.17) is 0 Å². The molecule has 0 aromatic heterocycles. The van der Waals surface area contributed by atoms with E-state index < -0.39 is 33.7 Å². The molecule has 0 spiro atoms. The zero-order valence-electron chi connectivity index (χ0n) is 20.1. The van der Waals surface area contributed by atoms with E-state index in [2.05, 4.69) is 5.32 Å². The van der Waals surface area contributed by atoms with Gasteiger partial charge in [0.25, 0.3) is 5.91 Å². The van der Waals surface area contributed by atoms with Crippen molar-refractivity contribution >= 4 is 33.4 Å². The van der Waals surface area contributed by atoms with Crippen molar-refractivity contribution in [2.24, 2.45) is 0 Å². The van der Waals surface area contributed by atoms with E-state index in [9.17, 15) is 22.8 Å². The highest BCUT2D eigenvalue weighted by Crippen LogP contribution is 2.33. The number of hydrogen-bond acceptors (Lipinski definition) is 6. The van der Waals surface area contributed by atoms with E-state index in [0.29, 0.717) is 40.4 Å². The first-order valence-corrected chi connectivity index (χ1v) is 13.3. The van der Waals surface area contributed by atoms with Crippen molar-refractivity contribution in [3.05, 3.63) is 58.4 Å². The molecule has 2 aromatic rings. The highest BCUT2D eigenvalue weighted by atomic mass is 32.2. The average molecular weight is 515 g/mol. The normalized spacial score (nSPS) is 21.1. The fourth-order valence-corrected chi connectivity index (χ4v) is 7.18. The lowest BCUT2D eigenvalue weighted by Crippen LogP contribution is -2.52. The molecule has 1 atom stereocenters. The number of anilines is 1. The maximum Gasteiger partial charge on any atom is 0.255 e. The maximum atomic E-state index is 15.1. The van der Waals surface area contributed by atoms with E-state index in [0.717, 1.165) is 0 Å². The summed E-state index contributed by atoms with van der Waals surface area (Å²) < 4.78 is 43.2. The van der Waals surface area contributed by atoms with Gasteiger partial charge in [-0.3, -0.25) is 19.7 Å². The Morgan fingerprint density at radius 2 is 1.67 bits per heavy atom. The molecule has 0 aliphatic carbocycles. The van der Waals surface area contributed by atoms with E-state index >= 15 is 4.39 Å². The van der Waals surface area contributed by atoms with Gasteiger partial charge in [0.2, 0.25) is 21.8 Å². The van der Waals surface area contributed by atoms with Crippen LogP contribution in [0.4, 0.5) is 10.1 Å². The lowest BCUT2D eigenvalue weighted by molar-refractivity contribution is -0.136. The molecule has 9 nitrogen and oxygen atoms in total. The van der Waals surface area contributed by atoms with Crippen molar-refractivity contribution in [2.75, 3.05) is 31.1 Å². The molecule has 2 fully saturated rings. The molecule has 0 saturated carbocycles. The summed E-state index contributed by atoms with van der Waals surface area (Å²) >= 11 is 0. The van der Waals surface area contributed by atoms with Crippen LogP contribution in [0.2, 0.25) is 0 Å². The number of nitrogens with zero attached hydrogens (tertiary/aromatic N) is 3. The number of imide groups is 1. The van der Waals surface area contributed by atoms with Gasteiger partial charge in [-0.25, -0.2) is 12.8 Å². The van der Waals surface area contributed by atoms with Crippen LogP contribution in [-0.2, 0) is 26.2 Å². The van der Waals surface area contributed by atoms with Gasteiger partial charge in [-0.05, 0) is 49.1 Å². The number of sulfonamides is 1. The predicted octanol–water partition coefficient (Wildman–Crippen LogP) is 1.71. The van der Waals surface area contributed by atoms with Crippen LogP contribution in [0.15, 0.2) is 35.2 Å². The van der Waals surface area contributed by atoms with Crippen LogP contribution >= 0.6 is 0 Å². The van der Waals surface area contributed by atoms with Crippen LogP contribution in [0.5, 0.6) is 0 Å². The third kappa shape index (κ3) is 4.05. The minimum Gasteiger partial charge on any atom is -0.367 e. The van der Waals surface area contributed by atoms with Crippen molar-refractivity contribution in [3.8, 4) is 0 Å². The molecule has 3 aliphatic rings. The van der Waals surface area contributed by atoms with Gasteiger partial charge in [-0.2, -0.15) is 4.31 Å². The first-order valence-electron chi connectivity index (χ1n) is 11.9. The number of halogens is 1. The molecule has 0 bridgehead atoms. The van der Waals surface area contributed by atoms with Crippen LogP contribution in [0.25, 0.3) is 0 Å². The van der Waals surface area contributed by atoms with Crippen molar-refractivity contribution < 1.29 is 27.2 Å². The quantitative estimate of drug-likeness (QED) is 0.623. The van der Waals surface area contributed by atoms with E-state index in [-0.39, 0.29) is 43.9 Å². The molecule has 2 saturated heterocycles. The Bertz CT molecular complexity index is 1360. The Morgan fingerprint density at radius 1 is 1.00 bits per heavy atom. The molecule has 1 unspecified atom stereocenters. The number of piperidine rings is 1. The number of carbonyl (C=O) groups excluding carboxylic acids is 3. The number of carbonyl (C=O) groups is 3. The van der Waals surface area contributed by atoms with Gasteiger partial charge in [0.15, 0.2) is 0 Å². The van der Waals surface area contributed by atoms with E-state index in [1.54, 1.807) is 36.9 Å². The van der Waals surface area contributed by atoms with Crippen molar-refractivity contribution in [2.45, 2.75) is 44.2 Å². The predicted molar refractivity (Wildman–Crippen MR) is 129 cm³/mol. The standard InChI is InChI=1S/C25H27FN4O5S/c1-15-4-3-5-16(2)23(15)36(34,35)29-10-8-28(9-11-29)21-12-17-14-30(25(33)18(17)13-19(21)26)20-6-7-22(31)27-24(20)32/h3-5,12-13,20H,6-11,14H2,1-2H3,(H,27,31,32). The maximum absolute atomic E-state index is 15.1. The minimum atomic E-state index is -3.69. The molecule has 36 heavy (non-hydrogen) atoms. The highest BCUT2D eigenvalue weighted by Gasteiger charge is 2.40. The highest BCUT2D eigenvalue weighted by molar-refractivity contribution is 7.89. The molecule has 5 rings (SSSR count). The number of amides is 3. The van der Waals surface area contributed by atoms with Crippen molar-refractivity contribution in [1.29, 1.82) is 0 Å². The van der Waals surface area contributed by atoms with Crippen LogP contribution in [0, 0.1) is 19.7 Å². The second-order valence-corrected chi connectivity index (χ2v) is 11.3. The first kappa shape index (κ1) is 24.4. The number of benzene rings is 2. The SMILES string of the molecule is Cc1cccc(C)c1S(=O)(=O)N1CCN(c2cc3c(cc2F)C(=O)N(C2CCC(=O)NC2=O)C3)CC1. The molecule has 11 heteroatoms. The smallest absolute Gasteiger partial charge is 0.255 e. The summed E-state index contributed by atoms with van der Waals surface area (Å²) in [6.45, 7) is 4.69. The Balaban J connectivity index is 1.33. The monoisotopic (exact) mass is 514 g/mol. The van der Waals surface area contributed by atoms with Gasteiger partial charge in [-0.1, -0.05) is 18.2 Å². The summed E-state index contributed by atoms with van der Waals surface area (Å²) in [5, 5.41) is 2.26. The van der Waals surface area contributed by atoms with Crippen molar-refractivity contribution in [1.82, 2.24) is 14.5 Å². The summed E-state index contributed by atoms with van der Waals surface area (Å²) in [4.78, 5) is 40.1. The first-order chi connectivity index (χ1) is 17.1. The Morgan fingerprint density at radius 3 is 2.31 bits per heavy atom. The number of piperazine rings is 1. The summed E-state index contributed by atoms with van der Waals surface area (Å²) in [6, 6.07) is 7.41. The van der Waals surface area contributed by atoms with Crippen molar-refractivity contribution in [3.63, 3.8) is 0 Å². The summed E-state index contributed by atoms with van der Waals surface area (Å²) in [7, 11) is -3.69. The number of fused-ring (bicyclic) bond motifs is 1.